The number of aromatic nitrogens is 1. The number of ether oxygens (including phenoxy) is 3. The summed E-state index contributed by atoms with van der Waals surface area (Å²) in [6, 6.07) is 18.9. The Morgan fingerprint density at radius 3 is 2.28 bits per heavy atom. The molecule has 0 bridgehead atoms. The molecular weight excluding hydrogens is 408 g/mol. The summed E-state index contributed by atoms with van der Waals surface area (Å²) in [6.07, 6.45) is 2.52. The van der Waals surface area contributed by atoms with E-state index in [1.165, 1.54) is 12.4 Å². The molecule has 7 nitrogen and oxygen atoms in total. The lowest BCUT2D eigenvalue weighted by molar-refractivity contribution is -0.136. The molecule has 3 aromatic rings. The maximum Gasteiger partial charge on any atom is 0.408 e. The first-order valence-corrected chi connectivity index (χ1v) is 10.2. The van der Waals surface area contributed by atoms with Crippen molar-refractivity contribution in [2.75, 3.05) is 0 Å². The maximum absolute atomic E-state index is 12.8. The molecular formula is C25H26N2O5. The highest BCUT2D eigenvalue weighted by atomic mass is 16.6. The second-order valence-electron chi connectivity index (χ2n) is 8.07. The quantitative estimate of drug-likeness (QED) is 0.532. The number of benzene rings is 2. The zero-order valence-corrected chi connectivity index (χ0v) is 18.3. The first-order chi connectivity index (χ1) is 15.3. The summed E-state index contributed by atoms with van der Waals surface area (Å²) < 4.78 is 16.6. The molecule has 1 N–H and O–H groups in total. The first-order valence-electron chi connectivity index (χ1n) is 10.2. The van der Waals surface area contributed by atoms with Crippen LogP contribution in [-0.4, -0.2) is 28.7 Å². The molecule has 1 atom stereocenters. The number of alkyl carbamates (subject to hydrolysis) is 1. The van der Waals surface area contributed by atoms with Gasteiger partial charge in [-0.05, 0) is 62.7 Å². The van der Waals surface area contributed by atoms with Crippen LogP contribution < -0.4 is 14.8 Å². The molecule has 0 aliphatic carbocycles. The van der Waals surface area contributed by atoms with Crippen molar-refractivity contribution < 1.29 is 23.8 Å². The summed E-state index contributed by atoms with van der Waals surface area (Å²) in [5.74, 6) is 1.04. The minimum Gasteiger partial charge on any atom is -0.457 e. The number of amides is 1. The number of para-hydroxylation sites is 1. The number of carbonyl (C=O) groups excluding carboxylic acids is 2. The monoisotopic (exact) mass is 434 g/mol. The Morgan fingerprint density at radius 1 is 0.906 bits per heavy atom. The summed E-state index contributed by atoms with van der Waals surface area (Å²) in [6.45, 7) is 5.25. The van der Waals surface area contributed by atoms with Crippen molar-refractivity contribution in [3.63, 3.8) is 0 Å². The highest BCUT2D eigenvalue weighted by molar-refractivity contribution is 5.83. The van der Waals surface area contributed by atoms with Crippen molar-refractivity contribution in [1.29, 1.82) is 0 Å². The Labute approximate surface area is 187 Å². The van der Waals surface area contributed by atoms with Gasteiger partial charge in [-0.1, -0.05) is 30.3 Å². The minimum atomic E-state index is -0.968. The van der Waals surface area contributed by atoms with E-state index in [1.807, 2.05) is 54.6 Å². The van der Waals surface area contributed by atoms with Crippen molar-refractivity contribution in [1.82, 2.24) is 10.3 Å². The van der Waals surface area contributed by atoms with Crippen LogP contribution in [0.4, 0.5) is 4.79 Å². The van der Waals surface area contributed by atoms with Gasteiger partial charge in [-0.15, -0.1) is 0 Å². The predicted octanol–water partition coefficient (Wildman–Crippen LogP) is 4.92. The third-order valence-electron chi connectivity index (χ3n) is 4.16. The van der Waals surface area contributed by atoms with E-state index in [4.69, 9.17) is 14.2 Å². The highest BCUT2D eigenvalue weighted by Crippen LogP contribution is 2.23. The minimum absolute atomic E-state index is 0.190. The number of nitrogens with one attached hydrogen (secondary N) is 1. The van der Waals surface area contributed by atoms with E-state index in [0.29, 0.717) is 17.2 Å². The summed E-state index contributed by atoms with van der Waals surface area (Å²) >= 11 is 0. The summed E-state index contributed by atoms with van der Waals surface area (Å²) in [5, 5.41) is 2.62. The number of esters is 1. The van der Waals surface area contributed by atoms with Crippen LogP contribution in [0.2, 0.25) is 0 Å². The van der Waals surface area contributed by atoms with Gasteiger partial charge in [-0.2, -0.15) is 0 Å². The highest BCUT2D eigenvalue weighted by Gasteiger charge is 2.26. The molecule has 32 heavy (non-hydrogen) atoms. The normalized spacial score (nSPS) is 11.8. The van der Waals surface area contributed by atoms with Gasteiger partial charge in [-0.3, -0.25) is 4.98 Å². The molecule has 0 spiro atoms. The van der Waals surface area contributed by atoms with E-state index in [-0.39, 0.29) is 6.42 Å². The van der Waals surface area contributed by atoms with E-state index in [0.717, 1.165) is 5.56 Å². The van der Waals surface area contributed by atoms with Crippen LogP contribution in [0.3, 0.4) is 0 Å². The topological polar surface area (TPSA) is 86.8 Å². The zero-order valence-electron chi connectivity index (χ0n) is 18.3. The summed E-state index contributed by atoms with van der Waals surface area (Å²) in [4.78, 5) is 29.1. The van der Waals surface area contributed by atoms with Gasteiger partial charge in [0.25, 0.3) is 0 Å². The van der Waals surface area contributed by atoms with Gasteiger partial charge >= 0.3 is 12.1 Å². The number of hydrogen-bond acceptors (Lipinski definition) is 6. The van der Waals surface area contributed by atoms with E-state index in [9.17, 15) is 9.59 Å². The third-order valence-corrected chi connectivity index (χ3v) is 4.16. The molecule has 0 fully saturated rings. The average Bonchev–Trinajstić information content (AvgIpc) is 2.74. The van der Waals surface area contributed by atoms with E-state index in [1.54, 1.807) is 32.9 Å². The first kappa shape index (κ1) is 22.8. The fraction of sp³-hybridized carbons (Fsp3) is 0.240. The van der Waals surface area contributed by atoms with Crippen molar-refractivity contribution in [3.05, 3.63) is 84.7 Å². The lowest BCUT2D eigenvalue weighted by Crippen LogP contribution is -2.46. The van der Waals surface area contributed by atoms with E-state index >= 15 is 0 Å². The van der Waals surface area contributed by atoms with E-state index < -0.39 is 23.7 Å². The van der Waals surface area contributed by atoms with E-state index in [2.05, 4.69) is 10.3 Å². The van der Waals surface area contributed by atoms with Gasteiger partial charge in [0.1, 0.15) is 28.9 Å². The molecule has 166 valence electrons. The molecule has 0 aliphatic heterocycles. The number of nitrogens with zero attached hydrogens (tertiary/aromatic N) is 1. The van der Waals surface area contributed by atoms with Crippen LogP contribution in [-0.2, 0) is 16.0 Å². The molecule has 0 radical (unpaired) electrons. The predicted molar refractivity (Wildman–Crippen MR) is 120 cm³/mol. The molecule has 0 saturated carbocycles. The molecule has 1 heterocycles. The van der Waals surface area contributed by atoms with Gasteiger partial charge in [0.2, 0.25) is 0 Å². The van der Waals surface area contributed by atoms with Gasteiger partial charge in [-0.25, -0.2) is 9.59 Å². The Balaban J connectivity index is 1.76. The van der Waals surface area contributed by atoms with Crippen molar-refractivity contribution in [2.45, 2.75) is 38.8 Å². The van der Waals surface area contributed by atoms with Gasteiger partial charge in [0.15, 0.2) is 0 Å². The number of rotatable bonds is 7. The molecule has 0 saturated heterocycles. The maximum atomic E-state index is 12.8. The average molecular weight is 434 g/mol. The number of carbonyl (C=O) groups is 2. The van der Waals surface area contributed by atoms with Gasteiger partial charge in [0.05, 0.1) is 0 Å². The second-order valence-corrected chi connectivity index (χ2v) is 8.07. The van der Waals surface area contributed by atoms with Gasteiger partial charge in [0, 0.05) is 18.8 Å². The molecule has 7 heteroatoms. The Morgan fingerprint density at radius 2 is 1.59 bits per heavy atom. The molecule has 1 unspecified atom stereocenters. The fourth-order valence-corrected chi connectivity index (χ4v) is 2.83. The van der Waals surface area contributed by atoms with Crippen LogP contribution in [0.5, 0.6) is 17.2 Å². The number of hydrogen-bond donors (Lipinski definition) is 1. The fourth-order valence-electron chi connectivity index (χ4n) is 2.83. The molecule has 2 aromatic carbocycles. The Kier molecular flexibility index (Phi) is 7.44. The molecule has 0 aliphatic rings. The van der Waals surface area contributed by atoms with Crippen molar-refractivity contribution in [2.24, 2.45) is 0 Å². The Hall–Kier alpha value is -3.87. The zero-order chi connectivity index (χ0) is 23.0. The third kappa shape index (κ3) is 7.43. The standard InChI is InChI=1S/C25H26N2O5/c1-25(2,3)32-24(29)27-22(23(28)31-20-12-14-26-15-13-20)17-18-8-7-11-21(16-18)30-19-9-5-4-6-10-19/h4-16,22H,17H2,1-3H3,(H,27,29). The molecule has 3 rings (SSSR count). The molecule has 1 aromatic heterocycles. The number of pyridine rings is 1. The Bertz CT molecular complexity index is 1030. The van der Waals surface area contributed by atoms with Crippen LogP contribution in [0.1, 0.15) is 26.3 Å². The van der Waals surface area contributed by atoms with Crippen LogP contribution >= 0.6 is 0 Å². The van der Waals surface area contributed by atoms with Crippen LogP contribution in [0.25, 0.3) is 0 Å². The smallest absolute Gasteiger partial charge is 0.408 e. The van der Waals surface area contributed by atoms with Crippen LogP contribution in [0, 0.1) is 0 Å². The van der Waals surface area contributed by atoms with Crippen molar-refractivity contribution in [3.8, 4) is 17.2 Å². The second kappa shape index (κ2) is 10.4. The SMILES string of the molecule is CC(C)(C)OC(=O)NC(Cc1cccc(Oc2ccccc2)c1)C(=O)Oc1ccncc1. The summed E-state index contributed by atoms with van der Waals surface area (Å²) in [5.41, 5.74) is 0.0822. The lowest BCUT2D eigenvalue weighted by Gasteiger charge is -2.23. The lowest BCUT2D eigenvalue weighted by atomic mass is 10.1. The van der Waals surface area contributed by atoms with Gasteiger partial charge < -0.3 is 19.5 Å². The largest absolute Gasteiger partial charge is 0.457 e. The van der Waals surface area contributed by atoms with Crippen LogP contribution in [0.15, 0.2) is 79.1 Å². The molecule has 1 amide bonds. The van der Waals surface area contributed by atoms with Crippen molar-refractivity contribution >= 4 is 12.1 Å². The summed E-state index contributed by atoms with van der Waals surface area (Å²) in [7, 11) is 0.